The van der Waals surface area contributed by atoms with Crippen molar-refractivity contribution in [1.82, 2.24) is 5.32 Å². The van der Waals surface area contributed by atoms with Gasteiger partial charge in [-0.3, -0.25) is 0 Å². The molecule has 19 heavy (non-hydrogen) atoms. The smallest absolute Gasteiger partial charge is 0.165 e. The highest BCUT2D eigenvalue weighted by molar-refractivity contribution is 5.30. The second-order valence-electron chi connectivity index (χ2n) is 5.42. The van der Waals surface area contributed by atoms with Gasteiger partial charge in [-0.25, -0.2) is 8.78 Å². The molecule has 0 aromatic heterocycles. The summed E-state index contributed by atoms with van der Waals surface area (Å²) >= 11 is 0. The van der Waals surface area contributed by atoms with Gasteiger partial charge in [-0.15, -0.1) is 0 Å². The molecule has 1 aliphatic carbocycles. The van der Waals surface area contributed by atoms with Gasteiger partial charge in [0.25, 0.3) is 0 Å². The molecule has 1 saturated carbocycles. The Labute approximate surface area is 112 Å². The van der Waals surface area contributed by atoms with Crippen molar-refractivity contribution >= 4 is 0 Å². The predicted molar refractivity (Wildman–Crippen MR) is 70.9 cm³/mol. The lowest BCUT2D eigenvalue weighted by Crippen LogP contribution is -2.40. The van der Waals surface area contributed by atoms with Crippen molar-refractivity contribution in [3.05, 3.63) is 34.9 Å². The van der Waals surface area contributed by atoms with Crippen LogP contribution in [0.2, 0.25) is 0 Å². The van der Waals surface area contributed by atoms with E-state index in [9.17, 15) is 13.9 Å². The number of aliphatic hydroxyl groups is 1. The highest BCUT2D eigenvalue weighted by Gasteiger charge is 2.37. The third kappa shape index (κ3) is 2.79. The molecule has 0 radical (unpaired) electrons. The van der Waals surface area contributed by atoms with Gasteiger partial charge in [0.2, 0.25) is 0 Å². The molecule has 2 rings (SSSR count). The molecule has 106 valence electrons. The Balaban J connectivity index is 2.20. The second kappa shape index (κ2) is 5.55. The van der Waals surface area contributed by atoms with Crippen LogP contribution in [0.25, 0.3) is 0 Å². The van der Waals surface area contributed by atoms with E-state index < -0.39 is 17.2 Å². The van der Waals surface area contributed by atoms with Crippen molar-refractivity contribution in [3.63, 3.8) is 0 Å². The lowest BCUT2D eigenvalue weighted by atomic mass is 9.77. The molecule has 4 heteroatoms. The van der Waals surface area contributed by atoms with E-state index in [0.717, 1.165) is 19.4 Å². The number of aryl methyl sites for hydroxylation is 1. The van der Waals surface area contributed by atoms with E-state index in [2.05, 4.69) is 5.32 Å². The van der Waals surface area contributed by atoms with E-state index in [1.807, 2.05) is 6.92 Å². The van der Waals surface area contributed by atoms with E-state index in [0.29, 0.717) is 18.9 Å². The van der Waals surface area contributed by atoms with Crippen molar-refractivity contribution in [2.24, 2.45) is 0 Å². The second-order valence-corrected chi connectivity index (χ2v) is 5.42. The number of hydrogen-bond donors (Lipinski definition) is 2. The quantitative estimate of drug-likeness (QED) is 0.884. The van der Waals surface area contributed by atoms with Crippen LogP contribution >= 0.6 is 0 Å². The van der Waals surface area contributed by atoms with Crippen LogP contribution in [0.1, 0.15) is 43.7 Å². The molecular formula is C15H21F2NO. The van der Waals surface area contributed by atoms with Crippen molar-refractivity contribution in [2.75, 3.05) is 6.54 Å². The fourth-order valence-electron chi connectivity index (χ4n) is 2.86. The predicted octanol–water partition coefficient (Wildman–Crippen LogP) is 3.01. The van der Waals surface area contributed by atoms with Gasteiger partial charge in [-0.05, 0) is 44.7 Å². The van der Waals surface area contributed by atoms with Gasteiger partial charge in [0.05, 0.1) is 5.60 Å². The van der Waals surface area contributed by atoms with Crippen LogP contribution in [0.5, 0.6) is 0 Å². The van der Waals surface area contributed by atoms with Crippen molar-refractivity contribution in [2.45, 2.75) is 51.2 Å². The molecule has 1 fully saturated rings. The summed E-state index contributed by atoms with van der Waals surface area (Å²) in [5.41, 5.74) is -0.860. The molecule has 0 atom stereocenters. The third-order valence-electron chi connectivity index (χ3n) is 4.08. The maximum Gasteiger partial charge on any atom is 0.165 e. The Morgan fingerprint density at radius 2 is 1.89 bits per heavy atom. The van der Waals surface area contributed by atoms with E-state index in [4.69, 9.17) is 0 Å². The van der Waals surface area contributed by atoms with Gasteiger partial charge < -0.3 is 10.4 Å². The Morgan fingerprint density at radius 1 is 1.26 bits per heavy atom. The minimum absolute atomic E-state index is 0.102. The zero-order chi connectivity index (χ0) is 14.0. The van der Waals surface area contributed by atoms with Crippen molar-refractivity contribution < 1.29 is 13.9 Å². The average molecular weight is 269 g/mol. The van der Waals surface area contributed by atoms with Crippen LogP contribution in [-0.4, -0.2) is 17.7 Å². The monoisotopic (exact) mass is 269 g/mol. The molecule has 0 spiro atoms. The molecular weight excluding hydrogens is 248 g/mol. The van der Waals surface area contributed by atoms with Crippen LogP contribution in [0.4, 0.5) is 8.78 Å². The first-order chi connectivity index (χ1) is 8.98. The minimum Gasteiger partial charge on any atom is -0.385 e. The van der Waals surface area contributed by atoms with Gasteiger partial charge in [0.1, 0.15) is 0 Å². The number of halogens is 2. The number of rotatable bonds is 3. The molecule has 1 aromatic carbocycles. The molecule has 0 aliphatic heterocycles. The van der Waals surface area contributed by atoms with E-state index in [1.54, 1.807) is 0 Å². The minimum atomic E-state index is -1.23. The molecule has 1 aromatic rings. The average Bonchev–Trinajstić information content (AvgIpc) is 2.39. The molecule has 1 aliphatic rings. The maximum absolute atomic E-state index is 14.0. The summed E-state index contributed by atoms with van der Waals surface area (Å²) in [5, 5.41) is 13.9. The van der Waals surface area contributed by atoms with Gasteiger partial charge >= 0.3 is 0 Å². The Bertz CT molecular complexity index is 454. The van der Waals surface area contributed by atoms with Gasteiger partial charge in [0, 0.05) is 11.6 Å². The van der Waals surface area contributed by atoms with Crippen LogP contribution in [-0.2, 0) is 5.60 Å². The summed E-state index contributed by atoms with van der Waals surface area (Å²) in [4.78, 5) is 0. The molecule has 0 amide bonds. The van der Waals surface area contributed by atoms with Gasteiger partial charge in [-0.1, -0.05) is 19.1 Å². The fraction of sp³-hybridized carbons (Fsp3) is 0.600. The molecule has 0 heterocycles. The van der Waals surface area contributed by atoms with E-state index in [-0.39, 0.29) is 11.1 Å². The zero-order valence-corrected chi connectivity index (χ0v) is 11.5. The highest BCUT2D eigenvalue weighted by Crippen LogP contribution is 2.39. The lowest BCUT2D eigenvalue weighted by molar-refractivity contribution is -0.0116. The standard InChI is InChI=1S/C15H21F2NO/c1-3-18-11-6-8-15(19,9-7-11)12-5-4-10(2)13(16)14(12)17/h4-5,11,18-19H,3,6-9H2,1-2H3. The topological polar surface area (TPSA) is 32.3 Å². The first kappa shape index (κ1) is 14.4. The van der Waals surface area contributed by atoms with Crippen LogP contribution < -0.4 is 5.32 Å². The molecule has 2 nitrogen and oxygen atoms in total. The first-order valence-corrected chi connectivity index (χ1v) is 6.89. The third-order valence-corrected chi connectivity index (χ3v) is 4.08. The summed E-state index contributed by atoms with van der Waals surface area (Å²) in [6, 6.07) is 3.41. The number of benzene rings is 1. The summed E-state index contributed by atoms with van der Waals surface area (Å²) in [7, 11) is 0. The maximum atomic E-state index is 14.0. The fourth-order valence-corrected chi connectivity index (χ4v) is 2.86. The van der Waals surface area contributed by atoms with E-state index in [1.165, 1.54) is 19.1 Å². The zero-order valence-electron chi connectivity index (χ0n) is 11.5. The first-order valence-electron chi connectivity index (χ1n) is 6.89. The number of hydrogen-bond acceptors (Lipinski definition) is 2. The van der Waals surface area contributed by atoms with Crippen LogP contribution in [0, 0.1) is 18.6 Å². The van der Waals surface area contributed by atoms with Crippen LogP contribution in [0.15, 0.2) is 12.1 Å². The SMILES string of the molecule is CCNC1CCC(O)(c2ccc(C)c(F)c2F)CC1. The molecule has 0 unspecified atom stereocenters. The summed E-state index contributed by atoms with van der Waals surface area (Å²) < 4.78 is 27.6. The summed E-state index contributed by atoms with van der Waals surface area (Å²) in [6.07, 6.45) is 2.48. The van der Waals surface area contributed by atoms with Gasteiger partial charge in [0.15, 0.2) is 11.6 Å². The molecule has 2 N–H and O–H groups in total. The normalized spacial score (nSPS) is 27.5. The number of nitrogens with one attached hydrogen (secondary N) is 1. The van der Waals surface area contributed by atoms with Crippen LogP contribution in [0.3, 0.4) is 0 Å². The van der Waals surface area contributed by atoms with Crippen molar-refractivity contribution in [3.8, 4) is 0 Å². The Hall–Kier alpha value is -1.00. The van der Waals surface area contributed by atoms with E-state index >= 15 is 0 Å². The Morgan fingerprint density at radius 3 is 2.47 bits per heavy atom. The molecule has 0 bridgehead atoms. The largest absolute Gasteiger partial charge is 0.385 e. The van der Waals surface area contributed by atoms with Gasteiger partial charge in [-0.2, -0.15) is 0 Å². The highest BCUT2D eigenvalue weighted by atomic mass is 19.2. The molecule has 0 saturated heterocycles. The lowest BCUT2D eigenvalue weighted by Gasteiger charge is -2.37. The summed E-state index contributed by atoms with van der Waals surface area (Å²) in [5.74, 6) is -1.75. The summed E-state index contributed by atoms with van der Waals surface area (Å²) in [6.45, 7) is 4.45. The van der Waals surface area contributed by atoms with Crippen molar-refractivity contribution in [1.29, 1.82) is 0 Å². The Kier molecular flexibility index (Phi) is 4.21.